The summed E-state index contributed by atoms with van der Waals surface area (Å²) < 4.78 is 16.0. The summed E-state index contributed by atoms with van der Waals surface area (Å²) in [5.74, 6) is -0.356. The first-order chi connectivity index (χ1) is 16.0. The van der Waals surface area contributed by atoms with Gasteiger partial charge in [0, 0.05) is 19.3 Å². The molecule has 0 heterocycles. The second-order valence-electron chi connectivity index (χ2n) is 10.1. The minimum absolute atomic E-state index is 0.0866. The summed E-state index contributed by atoms with van der Waals surface area (Å²) in [6, 6.07) is 0. The van der Waals surface area contributed by atoms with Crippen molar-refractivity contribution in [3.63, 3.8) is 0 Å². The number of esters is 3. The van der Waals surface area contributed by atoms with Crippen LogP contribution in [0.25, 0.3) is 0 Å². The van der Waals surface area contributed by atoms with Crippen molar-refractivity contribution < 1.29 is 33.7 Å². The van der Waals surface area contributed by atoms with Crippen molar-refractivity contribution in [2.45, 2.75) is 91.5 Å². The number of carbonyl (C=O) groups is 3. The molecule has 0 aromatic rings. The first-order valence-electron chi connectivity index (χ1n) is 12.6. The average molecular weight is 479 g/mol. The van der Waals surface area contributed by atoms with Gasteiger partial charge in [0.2, 0.25) is 0 Å². The number of hydrogen-bond donors (Lipinski definition) is 1. The van der Waals surface area contributed by atoms with E-state index in [0.29, 0.717) is 12.3 Å². The molecule has 192 valence electrons. The lowest BCUT2D eigenvalue weighted by molar-refractivity contribution is -0.159. The van der Waals surface area contributed by atoms with Crippen LogP contribution in [0.15, 0.2) is 23.8 Å². The molecule has 0 saturated heterocycles. The molecule has 0 radical (unpaired) electrons. The van der Waals surface area contributed by atoms with Gasteiger partial charge in [-0.3, -0.25) is 14.4 Å². The first kappa shape index (κ1) is 28.1. The lowest BCUT2D eigenvalue weighted by Crippen LogP contribution is -2.41. The summed E-state index contributed by atoms with van der Waals surface area (Å²) in [4.78, 5) is 35.7. The van der Waals surface area contributed by atoms with Crippen molar-refractivity contribution in [1.29, 1.82) is 0 Å². The summed E-state index contributed by atoms with van der Waals surface area (Å²) in [6.45, 7) is 9.48. The standard InChI is InChI=1S/C27H42O7/c1-7-17(3)27(31)34-24-13-16(2)12-20-9-8-18(4)23(26(20)24)11-10-21(29)14-22(33-19(5)28)15-25(30)32-6/h8-9,12,16-18,21-24,26,29H,7,10-11,13-15H2,1-6H3/t16-,17-,18-,21+,22+,23-,24-,26-/m0/s1. The van der Waals surface area contributed by atoms with Gasteiger partial charge in [-0.1, -0.05) is 45.9 Å². The van der Waals surface area contributed by atoms with Crippen LogP contribution >= 0.6 is 0 Å². The predicted molar refractivity (Wildman–Crippen MR) is 129 cm³/mol. The van der Waals surface area contributed by atoms with E-state index in [-0.39, 0.29) is 48.6 Å². The number of methoxy groups -OCH3 is 1. The summed E-state index contributed by atoms with van der Waals surface area (Å²) >= 11 is 0. The lowest BCUT2D eigenvalue weighted by Gasteiger charge is -2.43. The Hall–Kier alpha value is -2.15. The Morgan fingerprint density at radius 1 is 1.24 bits per heavy atom. The zero-order chi connectivity index (χ0) is 25.4. The number of aliphatic hydroxyl groups is 1. The highest BCUT2D eigenvalue weighted by molar-refractivity contribution is 5.72. The molecule has 2 aliphatic rings. The van der Waals surface area contributed by atoms with Crippen LogP contribution in [0.1, 0.15) is 73.1 Å². The molecule has 0 bridgehead atoms. The molecule has 2 rings (SSSR count). The van der Waals surface area contributed by atoms with Crippen molar-refractivity contribution in [3.05, 3.63) is 23.8 Å². The summed E-state index contributed by atoms with van der Waals surface area (Å²) in [7, 11) is 1.28. The second-order valence-corrected chi connectivity index (χ2v) is 10.1. The predicted octanol–water partition coefficient (Wildman–Crippen LogP) is 4.37. The van der Waals surface area contributed by atoms with Crippen LogP contribution in [-0.4, -0.2) is 48.4 Å². The normalized spacial score (nSPS) is 28.7. The van der Waals surface area contributed by atoms with E-state index >= 15 is 0 Å². The van der Waals surface area contributed by atoms with Crippen molar-refractivity contribution >= 4 is 17.9 Å². The molecular weight excluding hydrogens is 436 g/mol. The number of rotatable bonds is 11. The fourth-order valence-electron chi connectivity index (χ4n) is 5.14. The van der Waals surface area contributed by atoms with E-state index in [1.165, 1.54) is 19.6 Å². The summed E-state index contributed by atoms with van der Waals surface area (Å²) in [6.07, 6.45) is 7.84. The van der Waals surface area contributed by atoms with Crippen LogP contribution in [-0.2, 0) is 28.6 Å². The molecule has 0 aliphatic heterocycles. The average Bonchev–Trinajstić information content (AvgIpc) is 2.77. The summed E-state index contributed by atoms with van der Waals surface area (Å²) in [5, 5.41) is 10.7. The van der Waals surface area contributed by atoms with Crippen LogP contribution in [0.2, 0.25) is 0 Å². The Balaban J connectivity index is 2.10. The van der Waals surface area contributed by atoms with Gasteiger partial charge in [-0.15, -0.1) is 0 Å². The van der Waals surface area contributed by atoms with E-state index in [2.05, 4.69) is 36.8 Å². The third-order valence-corrected chi connectivity index (χ3v) is 7.20. The molecule has 2 aliphatic carbocycles. The van der Waals surface area contributed by atoms with Gasteiger partial charge in [0.05, 0.1) is 25.6 Å². The number of hydrogen-bond acceptors (Lipinski definition) is 7. The highest BCUT2D eigenvalue weighted by atomic mass is 16.6. The van der Waals surface area contributed by atoms with Crippen molar-refractivity contribution in [2.24, 2.45) is 29.6 Å². The highest BCUT2D eigenvalue weighted by Crippen LogP contribution is 2.45. The molecule has 0 amide bonds. The van der Waals surface area contributed by atoms with E-state index in [4.69, 9.17) is 9.47 Å². The van der Waals surface area contributed by atoms with E-state index < -0.39 is 24.1 Å². The Kier molecular flexibility index (Phi) is 10.8. The SMILES string of the molecule is CC[C@H](C)C(=O)O[C@H]1C[C@@H](C)C=C2C=C[C@H](C)[C@H](CC[C@@H](O)C[C@H](CC(=O)OC)OC(C)=O)[C@H]21. The van der Waals surface area contributed by atoms with Crippen LogP contribution in [0, 0.1) is 29.6 Å². The number of allylic oxidation sites excluding steroid dienone is 3. The van der Waals surface area contributed by atoms with Gasteiger partial charge in [0.15, 0.2) is 0 Å². The highest BCUT2D eigenvalue weighted by Gasteiger charge is 2.41. The molecule has 7 nitrogen and oxygen atoms in total. The zero-order valence-corrected chi connectivity index (χ0v) is 21.5. The van der Waals surface area contributed by atoms with Crippen LogP contribution in [0.4, 0.5) is 0 Å². The van der Waals surface area contributed by atoms with E-state index in [0.717, 1.165) is 19.3 Å². The fraction of sp³-hybridized carbons (Fsp3) is 0.741. The van der Waals surface area contributed by atoms with Gasteiger partial charge < -0.3 is 19.3 Å². The third-order valence-electron chi connectivity index (χ3n) is 7.20. The number of carbonyl (C=O) groups excluding carboxylic acids is 3. The number of aliphatic hydroxyl groups excluding tert-OH is 1. The van der Waals surface area contributed by atoms with E-state index in [1.807, 2.05) is 13.8 Å². The van der Waals surface area contributed by atoms with Gasteiger partial charge in [-0.05, 0) is 49.0 Å². The third kappa shape index (κ3) is 7.97. The van der Waals surface area contributed by atoms with Crippen molar-refractivity contribution in [3.8, 4) is 0 Å². The summed E-state index contributed by atoms with van der Waals surface area (Å²) in [5.41, 5.74) is 1.21. The smallest absolute Gasteiger partial charge is 0.309 e. The zero-order valence-electron chi connectivity index (χ0n) is 21.5. The minimum atomic E-state index is -0.733. The second kappa shape index (κ2) is 13.1. The molecule has 1 N–H and O–H groups in total. The number of fused-ring (bicyclic) bond motifs is 1. The topological polar surface area (TPSA) is 99.1 Å². The Labute approximate surface area is 203 Å². The molecule has 0 aromatic carbocycles. The van der Waals surface area contributed by atoms with E-state index in [9.17, 15) is 19.5 Å². The lowest BCUT2D eigenvalue weighted by atomic mass is 9.65. The molecule has 0 unspecified atom stereocenters. The van der Waals surface area contributed by atoms with Crippen molar-refractivity contribution in [1.82, 2.24) is 0 Å². The fourth-order valence-corrected chi connectivity index (χ4v) is 5.14. The Morgan fingerprint density at radius 3 is 2.56 bits per heavy atom. The largest absolute Gasteiger partial charge is 0.469 e. The monoisotopic (exact) mass is 478 g/mol. The minimum Gasteiger partial charge on any atom is -0.469 e. The molecule has 0 fully saturated rings. The number of ether oxygens (including phenoxy) is 3. The molecule has 0 saturated carbocycles. The van der Waals surface area contributed by atoms with Crippen LogP contribution in [0.3, 0.4) is 0 Å². The maximum atomic E-state index is 12.6. The van der Waals surface area contributed by atoms with Gasteiger partial charge in [0.25, 0.3) is 0 Å². The Morgan fingerprint density at radius 2 is 1.94 bits per heavy atom. The molecule has 8 atom stereocenters. The van der Waals surface area contributed by atoms with Gasteiger partial charge in [-0.2, -0.15) is 0 Å². The van der Waals surface area contributed by atoms with Gasteiger partial charge >= 0.3 is 17.9 Å². The molecule has 7 heteroatoms. The van der Waals surface area contributed by atoms with E-state index in [1.54, 1.807) is 0 Å². The quantitative estimate of drug-likeness (QED) is 0.348. The van der Waals surface area contributed by atoms with Gasteiger partial charge in [0.1, 0.15) is 12.2 Å². The van der Waals surface area contributed by atoms with Crippen LogP contribution < -0.4 is 0 Å². The first-order valence-corrected chi connectivity index (χ1v) is 12.6. The molecule has 0 spiro atoms. The van der Waals surface area contributed by atoms with Gasteiger partial charge in [-0.25, -0.2) is 0 Å². The molecule has 34 heavy (non-hydrogen) atoms. The van der Waals surface area contributed by atoms with Crippen LogP contribution in [0.5, 0.6) is 0 Å². The molecule has 0 aromatic heterocycles. The Bertz CT molecular complexity index is 771. The molecular formula is C27H42O7. The maximum Gasteiger partial charge on any atom is 0.309 e. The maximum absolute atomic E-state index is 12.6. The van der Waals surface area contributed by atoms with Crippen molar-refractivity contribution in [2.75, 3.05) is 7.11 Å².